The van der Waals surface area contributed by atoms with Crippen LogP contribution in [0, 0.1) is 6.92 Å². The molecule has 0 aliphatic heterocycles. The monoisotopic (exact) mass is 294 g/mol. The van der Waals surface area contributed by atoms with Crippen LogP contribution in [-0.4, -0.2) is 9.78 Å². The molecule has 1 atom stereocenters. The van der Waals surface area contributed by atoms with Crippen LogP contribution in [0.2, 0.25) is 0 Å². The Kier molecular flexibility index (Phi) is 3.61. The number of benzene rings is 1. The molecule has 0 fully saturated rings. The van der Waals surface area contributed by atoms with Crippen LogP contribution in [0.5, 0.6) is 0 Å². The molecule has 0 bridgehead atoms. The quantitative estimate of drug-likeness (QED) is 0.673. The molecule has 1 heterocycles. The van der Waals surface area contributed by atoms with Gasteiger partial charge in [-0.25, -0.2) is 5.43 Å². The molecular formula is C12H15BrN4. The average molecular weight is 295 g/mol. The zero-order valence-corrected chi connectivity index (χ0v) is 11.4. The van der Waals surface area contributed by atoms with Gasteiger partial charge in [0.2, 0.25) is 0 Å². The van der Waals surface area contributed by atoms with Gasteiger partial charge in [0, 0.05) is 23.3 Å². The lowest BCUT2D eigenvalue weighted by atomic mass is 9.98. The molecule has 0 aliphatic rings. The standard InChI is InChI=1S/C12H15BrN4/c1-8-5-10(13)3-4-11(8)12(16-14)9-6-15-17(2)7-9/h3-7,12,16H,14H2,1-2H3. The highest BCUT2D eigenvalue weighted by molar-refractivity contribution is 9.10. The summed E-state index contributed by atoms with van der Waals surface area (Å²) in [5.74, 6) is 5.65. The highest BCUT2D eigenvalue weighted by Gasteiger charge is 2.16. The zero-order chi connectivity index (χ0) is 12.4. The van der Waals surface area contributed by atoms with Gasteiger partial charge in [-0.2, -0.15) is 5.10 Å². The maximum absolute atomic E-state index is 5.65. The summed E-state index contributed by atoms with van der Waals surface area (Å²) >= 11 is 3.46. The van der Waals surface area contributed by atoms with Crippen molar-refractivity contribution in [3.05, 3.63) is 51.8 Å². The Bertz CT molecular complexity index is 521. The minimum absolute atomic E-state index is 0.0307. The van der Waals surface area contributed by atoms with Crippen molar-refractivity contribution in [3.8, 4) is 0 Å². The van der Waals surface area contributed by atoms with E-state index in [9.17, 15) is 0 Å². The topological polar surface area (TPSA) is 55.9 Å². The molecule has 0 aliphatic carbocycles. The summed E-state index contributed by atoms with van der Waals surface area (Å²) in [4.78, 5) is 0. The number of aromatic nitrogens is 2. The van der Waals surface area contributed by atoms with E-state index in [1.54, 1.807) is 4.68 Å². The lowest BCUT2D eigenvalue weighted by Gasteiger charge is -2.17. The molecule has 2 aromatic rings. The molecule has 0 spiro atoms. The van der Waals surface area contributed by atoms with E-state index < -0.39 is 0 Å². The number of nitrogens with zero attached hydrogens (tertiary/aromatic N) is 2. The molecule has 4 nitrogen and oxygen atoms in total. The van der Waals surface area contributed by atoms with Gasteiger partial charge in [-0.05, 0) is 30.2 Å². The van der Waals surface area contributed by atoms with Gasteiger partial charge < -0.3 is 0 Å². The fourth-order valence-electron chi connectivity index (χ4n) is 1.92. The van der Waals surface area contributed by atoms with Crippen molar-refractivity contribution in [3.63, 3.8) is 0 Å². The fraction of sp³-hybridized carbons (Fsp3) is 0.250. The first kappa shape index (κ1) is 12.3. The third-order valence-electron chi connectivity index (χ3n) is 2.77. The van der Waals surface area contributed by atoms with E-state index in [1.807, 2.05) is 25.5 Å². The number of hydrazine groups is 1. The van der Waals surface area contributed by atoms with E-state index in [2.05, 4.69) is 45.5 Å². The van der Waals surface area contributed by atoms with Crippen LogP contribution >= 0.6 is 15.9 Å². The van der Waals surface area contributed by atoms with E-state index in [0.717, 1.165) is 15.6 Å². The van der Waals surface area contributed by atoms with Gasteiger partial charge in [0.15, 0.2) is 0 Å². The summed E-state index contributed by atoms with van der Waals surface area (Å²) in [5, 5.41) is 4.17. The lowest BCUT2D eigenvalue weighted by Crippen LogP contribution is -2.29. The van der Waals surface area contributed by atoms with Crippen LogP contribution in [0.3, 0.4) is 0 Å². The maximum Gasteiger partial charge on any atom is 0.0743 e. The van der Waals surface area contributed by atoms with E-state index >= 15 is 0 Å². The van der Waals surface area contributed by atoms with Crippen LogP contribution in [0.15, 0.2) is 35.1 Å². The largest absolute Gasteiger partial charge is 0.275 e. The normalized spacial score (nSPS) is 12.7. The van der Waals surface area contributed by atoms with Gasteiger partial charge in [-0.15, -0.1) is 0 Å². The predicted octanol–water partition coefficient (Wildman–Crippen LogP) is 2.04. The van der Waals surface area contributed by atoms with Crippen LogP contribution < -0.4 is 11.3 Å². The summed E-state index contributed by atoms with van der Waals surface area (Å²) in [5.41, 5.74) is 6.24. The predicted molar refractivity (Wildman–Crippen MR) is 71.3 cm³/mol. The third-order valence-corrected chi connectivity index (χ3v) is 3.26. The molecule has 3 N–H and O–H groups in total. The third kappa shape index (κ3) is 2.57. The first-order valence-corrected chi connectivity index (χ1v) is 6.12. The van der Waals surface area contributed by atoms with Gasteiger partial charge >= 0.3 is 0 Å². The average Bonchev–Trinajstić information content (AvgIpc) is 2.69. The van der Waals surface area contributed by atoms with E-state index in [0.29, 0.717) is 0 Å². The second-order valence-corrected chi connectivity index (χ2v) is 4.96. The Morgan fingerprint density at radius 2 is 2.24 bits per heavy atom. The Morgan fingerprint density at radius 3 is 2.76 bits per heavy atom. The molecule has 1 aromatic heterocycles. The van der Waals surface area contributed by atoms with Gasteiger partial charge in [0.05, 0.1) is 12.2 Å². The molecule has 0 saturated heterocycles. The Labute approximate surface area is 109 Å². The minimum Gasteiger partial charge on any atom is -0.275 e. The molecular weight excluding hydrogens is 280 g/mol. The van der Waals surface area contributed by atoms with Crippen molar-refractivity contribution >= 4 is 15.9 Å². The van der Waals surface area contributed by atoms with Crippen molar-refractivity contribution in [1.29, 1.82) is 0 Å². The Morgan fingerprint density at radius 1 is 1.47 bits per heavy atom. The summed E-state index contributed by atoms with van der Waals surface area (Å²) < 4.78 is 2.84. The van der Waals surface area contributed by atoms with Gasteiger partial charge in [-0.1, -0.05) is 22.0 Å². The molecule has 0 radical (unpaired) electrons. The second-order valence-electron chi connectivity index (χ2n) is 4.05. The van der Waals surface area contributed by atoms with E-state index in [-0.39, 0.29) is 6.04 Å². The van der Waals surface area contributed by atoms with Crippen molar-refractivity contribution in [1.82, 2.24) is 15.2 Å². The smallest absolute Gasteiger partial charge is 0.0743 e. The number of halogens is 1. The Balaban J connectivity index is 2.42. The van der Waals surface area contributed by atoms with Crippen LogP contribution in [0.4, 0.5) is 0 Å². The van der Waals surface area contributed by atoms with Gasteiger partial charge in [-0.3, -0.25) is 10.5 Å². The van der Waals surface area contributed by atoms with Gasteiger partial charge in [0.1, 0.15) is 0 Å². The molecule has 1 aromatic carbocycles. The van der Waals surface area contributed by atoms with Crippen molar-refractivity contribution in [2.24, 2.45) is 12.9 Å². The van der Waals surface area contributed by atoms with Crippen molar-refractivity contribution in [2.75, 3.05) is 0 Å². The van der Waals surface area contributed by atoms with Crippen molar-refractivity contribution in [2.45, 2.75) is 13.0 Å². The SMILES string of the molecule is Cc1cc(Br)ccc1C(NN)c1cnn(C)c1. The fourth-order valence-corrected chi connectivity index (χ4v) is 2.39. The highest BCUT2D eigenvalue weighted by atomic mass is 79.9. The van der Waals surface area contributed by atoms with E-state index in [1.165, 1.54) is 5.56 Å². The zero-order valence-electron chi connectivity index (χ0n) is 9.81. The van der Waals surface area contributed by atoms with Crippen molar-refractivity contribution < 1.29 is 0 Å². The number of hydrogen-bond acceptors (Lipinski definition) is 3. The highest BCUT2D eigenvalue weighted by Crippen LogP contribution is 2.26. The molecule has 0 saturated carbocycles. The number of nitrogens with two attached hydrogens (primary N) is 1. The first-order chi connectivity index (χ1) is 8.11. The first-order valence-electron chi connectivity index (χ1n) is 5.32. The lowest BCUT2D eigenvalue weighted by molar-refractivity contribution is 0.632. The molecule has 5 heteroatoms. The summed E-state index contributed by atoms with van der Waals surface area (Å²) in [6.07, 6.45) is 3.79. The molecule has 1 unspecified atom stereocenters. The number of hydrogen-bond donors (Lipinski definition) is 2. The summed E-state index contributed by atoms with van der Waals surface area (Å²) in [6, 6.07) is 6.13. The molecule has 2 rings (SSSR count). The molecule has 17 heavy (non-hydrogen) atoms. The van der Waals surface area contributed by atoms with Crippen LogP contribution in [0.1, 0.15) is 22.7 Å². The number of aryl methyl sites for hydroxylation is 2. The summed E-state index contributed by atoms with van der Waals surface area (Å²) in [7, 11) is 1.89. The molecule has 0 amide bonds. The second kappa shape index (κ2) is 5.00. The van der Waals surface area contributed by atoms with E-state index in [4.69, 9.17) is 5.84 Å². The summed E-state index contributed by atoms with van der Waals surface area (Å²) in [6.45, 7) is 2.07. The maximum atomic E-state index is 5.65. The van der Waals surface area contributed by atoms with Crippen LogP contribution in [0.25, 0.3) is 0 Å². The Hall–Kier alpha value is -1.17. The number of nitrogens with one attached hydrogen (secondary N) is 1. The number of rotatable bonds is 3. The van der Waals surface area contributed by atoms with Crippen LogP contribution in [-0.2, 0) is 7.05 Å². The molecule has 90 valence electrons. The van der Waals surface area contributed by atoms with Gasteiger partial charge in [0.25, 0.3) is 0 Å². The minimum atomic E-state index is -0.0307.